The zero-order valence-corrected chi connectivity index (χ0v) is 9.52. The molecule has 84 valence electrons. The summed E-state index contributed by atoms with van der Waals surface area (Å²) >= 11 is 10.8. The Morgan fingerprint density at radius 3 is 1.31 bits per heavy atom. The number of aromatic hydroxyl groups is 2. The fourth-order valence-corrected chi connectivity index (χ4v) is 1.14. The molecule has 0 radical (unpaired) electrons. The van der Waals surface area contributed by atoms with Crippen molar-refractivity contribution in [3.05, 3.63) is 47.0 Å². The molecule has 0 aliphatic rings. The van der Waals surface area contributed by atoms with Crippen LogP contribution in [0.1, 0.15) is 0 Å². The predicted molar refractivity (Wildman–Crippen MR) is 61.8 cm³/mol. The van der Waals surface area contributed by atoms with Crippen molar-refractivity contribution in [2.75, 3.05) is 0 Å². The van der Waals surface area contributed by atoms with E-state index in [1.54, 1.807) is 0 Å². The van der Waals surface area contributed by atoms with Crippen LogP contribution in [0.2, 0.25) is 10.0 Å². The van der Waals surface area contributed by atoms with Gasteiger partial charge < -0.3 is 10.2 Å². The van der Waals surface area contributed by atoms with E-state index in [4.69, 9.17) is 33.4 Å². The summed E-state index contributed by atoms with van der Waals surface area (Å²) in [7, 11) is 0. The van der Waals surface area contributed by atoms with Gasteiger partial charge in [0.05, 0.1) is 22.4 Å². The molecule has 2 aromatic heterocycles. The Kier molecular flexibility index (Phi) is 4.82. The highest BCUT2D eigenvalue weighted by molar-refractivity contribution is 6.30. The van der Waals surface area contributed by atoms with Crippen molar-refractivity contribution in [2.45, 2.75) is 0 Å². The number of hydrogen-bond donors (Lipinski definition) is 2. The van der Waals surface area contributed by atoms with Crippen molar-refractivity contribution in [3.8, 4) is 11.5 Å². The molecule has 2 aromatic rings. The summed E-state index contributed by atoms with van der Waals surface area (Å²) in [5.41, 5.74) is 0. The van der Waals surface area contributed by atoms with Gasteiger partial charge in [0.2, 0.25) is 0 Å². The molecule has 2 rings (SSSR count). The molecule has 0 aromatic carbocycles. The van der Waals surface area contributed by atoms with E-state index < -0.39 is 0 Å². The standard InChI is InChI=1S/2C5H4ClNO/c2*6-4-1-5(8)3-7-2-4/h2*1-3,8H. The molecule has 0 fully saturated rings. The van der Waals surface area contributed by atoms with Crippen LogP contribution in [0.3, 0.4) is 0 Å². The van der Waals surface area contributed by atoms with Gasteiger partial charge in [-0.2, -0.15) is 0 Å². The van der Waals surface area contributed by atoms with Gasteiger partial charge in [0.25, 0.3) is 0 Å². The zero-order chi connectivity index (χ0) is 12.0. The number of halogens is 2. The van der Waals surface area contributed by atoms with Gasteiger partial charge >= 0.3 is 0 Å². The SMILES string of the molecule is Oc1cncc(Cl)c1.Oc1cncc(Cl)c1. The minimum atomic E-state index is 0.0949. The van der Waals surface area contributed by atoms with E-state index in [9.17, 15) is 0 Å². The van der Waals surface area contributed by atoms with E-state index in [2.05, 4.69) is 9.97 Å². The van der Waals surface area contributed by atoms with Gasteiger partial charge in [-0.25, -0.2) is 0 Å². The van der Waals surface area contributed by atoms with Crippen molar-refractivity contribution < 1.29 is 10.2 Å². The first-order valence-electron chi connectivity index (χ1n) is 4.17. The summed E-state index contributed by atoms with van der Waals surface area (Å²) < 4.78 is 0. The highest BCUT2D eigenvalue weighted by Gasteiger charge is 1.87. The van der Waals surface area contributed by atoms with Crippen LogP contribution in [0.15, 0.2) is 36.9 Å². The molecule has 0 unspecified atom stereocenters. The lowest BCUT2D eigenvalue weighted by molar-refractivity contribution is 0.472. The van der Waals surface area contributed by atoms with E-state index in [0.29, 0.717) is 10.0 Å². The first-order chi connectivity index (χ1) is 7.58. The summed E-state index contributed by atoms with van der Waals surface area (Å²) in [6.07, 6.45) is 5.57. The van der Waals surface area contributed by atoms with Crippen molar-refractivity contribution in [1.29, 1.82) is 0 Å². The molecular formula is C10H8Cl2N2O2. The average molecular weight is 259 g/mol. The van der Waals surface area contributed by atoms with Crippen LogP contribution in [-0.4, -0.2) is 20.2 Å². The molecule has 16 heavy (non-hydrogen) atoms. The third-order valence-electron chi connectivity index (χ3n) is 1.38. The minimum Gasteiger partial charge on any atom is -0.506 e. The largest absolute Gasteiger partial charge is 0.506 e. The molecule has 6 heteroatoms. The Labute approximate surface area is 102 Å². The highest BCUT2D eigenvalue weighted by atomic mass is 35.5. The fourth-order valence-electron chi connectivity index (χ4n) is 0.801. The van der Waals surface area contributed by atoms with Gasteiger partial charge in [0.15, 0.2) is 0 Å². The molecule has 0 bridgehead atoms. The monoisotopic (exact) mass is 258 g/mol. The molecule has 0 saturated carbocycles. The van der Waals surface area contributed by atoms with E-state index in [-0.39, 0.29) is 11.5 Å². The maximum absolute atomic E-state index is 8.67. The molecule has 2 N–H and O–H groups in total. The molecule has 0 saturated heterocycles. The van der Waals surface area contributed by atoms with E-state index in [1.165, 1.54) is 36.9 Å². The van der Waals surface area contributed by atoms with Crippen molar-refractivity contribution in [2.24, 2.45) is 0 Å². The summed E-state index contributed by atoms with van der Waals surface area (Å²) in [5.74, 6) is 0.190. The number of aromatic nitrogens is 2. The predicted octanol–water partition coefficient (Wildman–Crippen LogP) is 2.88. The van der Waals surface area contributed by atoms with Gasteiger partial charge in [0.1, 0.15) is 11.5 Å². The molecule has 4 nitrogen and oxygen atoms in total. The first-order valence-corrected chi connectivity index (χ1v) is 4.92. The summed E-state index contributed by atoms with van der Waals surface area (Å²) in [4.78, 5) is 7.20. The lowest BCUT2D eigenvalue weighted by atomic mass is 10.5. The van der Waals surface area contributed by atoms with Crippen molar-refractivity contribution in [1.82, 2.24) is 9.97 Å². The average Bonchev–Trinajstić information content (AvgIpc) is 2.17. The Bertz CT molecular complexity index is 388. The number of hydrogen-bond acceptors (Lipinski definition) is 4. The second kappa shape index (κ2) is 6.15. The van der Waals surface area contributed by atoms with Crippen molar-refractivity contribution >= 4 is 23.2 Å². The molecule has 2 heterocycles. The van der Waals surface area contributed by atoms with Crippen LogP contribution in [0.25, 0.3) is 0 Å². The first kappa shape index (κ1) is 12.5. The molecule has 0 atom stereocenters. The third kappa shape index (κ3) is 4.82. The Morgan fingerprint density at radius 1 is 0.750 bits per heavy atom. The Balaban J connectivity index is 0.000000160. The number of rotatable bonds is 0. The molecule has 0 spiro atoms. The van der Waals surface area contributed by atoms with Crippen LogP contribution in [0.5, 0.6) is 11.5 Å². The van der Waals surface area contributed by atoms with Crippen LogP contribution in [0.4, 0.5) is 0 Å². The van der Waals surface area contributed by atoms with E-state index in [1.807, 2.05) is 0 Å². The van der Waals surface area contributed by atoms with Gasteiger partial charge in [-0.05, 0) is 0 Å². The number of nitrogens with zero attached hydrogens (tertiary/aromatic N) is 2. The van der Waals surface area contributed by atoms with Crippen LogP contribution < -0.4 is 0 Å². The Morgan fingerprint density at radius 2 is 1.12 bits per heavy atom. The van der Waals surface area contributed by atoms with Crippen molar-refractivity contribution in [3.63, 3.8) is 0 Å². The van der Waals surface area contributed by atoms with E-state index in [0.717, 1.165) is 0 Å². The molecule has 0 amide bonds. The normalized spacial score (nSPS) is 9.12. The van der Waals surface area contributed by atoms with Crippen LogP contribution >= 0.6 is 23.2 Å². The summed E-state index contributed by atoms with van der Waals surface area (Å²) in [6.45, 7) is 0. The second-order valence-corrected chi connectivity index (χ2v) is 3.60. The molecule has 0 aliphatic carbocycles. The van der Waals surface area contributed by atoms with Crippen LogP contribution in [0, 0.1) is 0 Å². The Hall–Kier alpha value is -1.52. The lowest BCUT2D eigenvalue weighted by Crippen LogP contribution is -1.68. The van der Waals surface area contributed by atoms with Gasteiger partial charge in [0, 0.05) is 24.5 Å². The van der Waals surface area contributed by atoms with Gasteiger partial charge in [-0.1, -0.05) is 23.2 Å². The minimum absolute atomic E-state index is 0.0949. The summed E-state index contributed by atoms with van der Waals surface area (Å²) in [5, 5.41) is 18.2. The fraction of sp³-hybridized carbons (Fsp3) is 0. The highest BCUT2D eigenvalue weighted by Crippen LogP contribution is 2.12. The van der Waals surface area contributed by atoms with Gasteiger partial charge in [-0.15, -0.1) is 0 Å². The smallest absolute Gasteiger partial charge is 0.135 e. The third-order valence-corrected chi connectivity index (χ3v) is 1.79. The van der Waals surface area contributed by atoms with Gasteiger partial charge in [-0.3, -0.25) is 9.97 Å². The van der Waals surface area contributed by atoms with Crippen LogP contribution in [-0.2, 0) is 0 Å². The second-order valence-electron chi connectivity index (χ2n) is 2.72. The quantitative estimate of drug-likeness (QED) is 0.763. The lowest BCUT2D eigenvalue weighted by Gasteiger charge is -1.87. The maximum Gasteiger partial charge on any atom is 0.135 e. The maximum atomic E-state index is 8.67. The zero-order valence-electron chi connectivity index (χ0n) is 8.01. The molecular weight excluding hydrogens is 251 g/mol. The number of pyridine rings is 2. The molecule has 0 aliphatic heterocycles. The summed E-state index contributed by atoms with van der Waals surface area (Å²) in [6, 6.07) is 2.85. The van der Waals surface area contributed by atoms with E-state index >= 15 is 0 Å². The topological polar surface area (TPSA) is 66.2 Å².